The van der Waals surface area contributed by atoms with Crippen LogP contribution in [0.1, 0.15) is 47.8 Å². The van der Waals surface area contributed by atoms with E-state index in [4.69, 9.17) is 14.2 Å². The first-order chi connectivity index (χ1) is 17.0. The molecule has 0 atom stereocenters. The molecule has 6 nitrogen and oxygen atoms in total. The summed E-state index contributed by atoms with van der Waals surface area (Å²) in [5, 5.41) is 5.31. The fourth-order valence-electron chi connectivity index (χ4n) is 5.57. The first-order valence-corrected chi connectivity index (χ1v) is 12.5. The van der Waals surface area contributed by atoms with Crippen molar-refractivity contribution >= 4 is 27.7 Å². The van der Waals surface area contributed by atoms with Crippen molar-refractivity contribution in [2.75, 3.05) is 19.8 Å². The molecule has 4 aromatic rings. The van der Waals surface area contributed by atoms with Gasteiger partial charge < -0.3 is 24.5 Å². The van der Waals surface area contributed by atoms with Gasteiger partial charge in [0.25, 0.3) is 5.91 Å². The average Bonchev–Trinajstić information content (AvgIpc) is 3.41. The van der Waals surface area contributed by atoms with Crippen molar-refractivity contribution < 1.29 is 19.0 Å². The lowest BCUT2D eigenvalue weighted by Crippen LogP contribution is -2.15. The highest BCUT2D eigenvalue weighted by Crippen LogP contribution is 2.46. The third-order valence-electron chi connectivity index (χ3n) is 6.94. The predicted octanol–water partition coefficient (Wildman–Crippen LogP) is 5.53. The maximum atomic E-state index is 13.1. The zero-order valence-electron chi connectivity index (χ0n) is 20.4. The lowest BCUT2D eigenvalue weighted by atomic mass is 9.80. The van der Waals surface area contributed by atoms with Crippen LogP contribution in [0.5, 0.6) is 11.5 Å². The van der Waals surface area contributed by atoms with Gasteiger partial charge in [0.1, 0.15) is 18.1 Å². The zero-order valence-corrected chi connectivity index (χ0v) is 20.4. The standard InChI is InChI=1S/C29H30N2O4/c1-4-33-11-12-34-18-7-10-24-22(14-18)26-23-15-30-29(32)27(23)25-20-9-6-19(35-16(2)3)13-17(20)5-8-21(25)28(26)31-24/h6-7,9-10,13-14,16,31H,4-5,8,11-12,15H2,1-3H3,(H,30,32). The van der Waals surface area contributed by atoms with Gasteiger partial charge in [-0.1, -0.05) is 6.07 Å². The van der Waals surface area contributed by atoms with Gasteiger partial charge in [0, 0.05) is 35.0 Å². The number of aryl methyl sites for hydroxylation is 2. The highest BCUT2D eigenvalue weighted by molar-refractivity contribution is 6.19. The van der Waals surface area contributed by atoms with Crippen LogP contribution in [0.3, 0.4) is 0 Å². The van der Waals surface area contributed by atoms with Gasteiger partial charge in [-0.3, -0.25) is 4.79 Å². The normalized spacial score (nSPS) is 14.2. The molecule has 2 aliphatic rings. The molecular formula is C29H30N2O4. The van der Waals surface area contributed by atoms with Crippen LogP contribution in [0.25, 0.3) is 32.9 Å². The molecular weight excluding hydrogens is 440 g/mol. The van der Waals surface area contributed by atoms with Crippen LogP contribution in [-0.2, 0) is 24.1 Å². The minimum atomic E-state index is 0.00646. The summed E-state index contributed by atoms with van der Waals surface area (Å²) in [7, 11) is 0. The number of hydrogen-bond donors (Lipinski definition) is 2. The number of ether oxygens (including phenoxy) is 3. The summed E-state index contributed by atoms with van der Waals surface area (Å²) in [6.07, 6.45) is 1.90. The van der Waals surface area contributed by atoms with Crippen LogP contribution in [0.4, 0.5) is 0 Å². The molecule has 6 heteroatoms. The van der Waals surface area contributed by atoms with Gasteiger partial charge in [-0.2, -0.15) is 0 Å². The largest absolute Gasteiger partial charge is 0.491 e. The van der Waals surface area contributed by atoms with E-state index in [0.29, 0.717) is 26.4 Å². The van der Waals surface area contributed by atoms with Crippen molar-refractivity contribution in [3.8, 4) is 22.6 Å². The number of carbonyl (C=O) groups excluding carboxylic acids is 1. The van der Waals surface area contributed by atoms with Crippen LogP contribution in [-0.4, -0.2) is 36.8 Å². The Morgan fingerprint density at radius 3 is 2.66 bits per heavy atom. The maximum Gasteiger partial charge on any atom is 0.252 e. The van der Waals surface area contributed by atoms with Crippen molar-refractivity contribution in [2.45, 2.75) is 46.3 Å². The molecule has 0 saturated heterocycles. The molecule has 2 N–H and O–H groups in total. The van der Waals surface area contributed by atoms with Crippen molar-refractivity contribution in [1.29, 1.82) is 0 Å². The molecule has 1 aromatic heterocycles. The molecule has 0 unspecified atom stereocenters. The maximum absolute atomic E-state index is 13.1. The molecule has 35 heavy (non-hydrogen) atoms. The smallest absolute Gasteiger partial charge is 0.252 e. The second-order valence-corrected chi connectivity index (χ2v) is 9.50. The summed E-state index contributed by atoms with van der Waals surface area (Å²) in [4.78, 5) is 16.8. The Kier molecular flexibility index (Phi) is 5.41. The zero-order chi connectivity index (χ0) is 24.1. The first-order valence-electron chi connectivity index (χ1n) is 12.5. The van der Waals surface area contributed by atoms with Gasteiger partial charge in [0.2, 0.25) is 0 Å². The van der Waals surface area contributed by atoms with E-state index in [1.807, 2.05) is 32.9 Å². The molecule has 0 bridgehead atoms. The molecule has 3 aromatic carbocycles. The van der Waals surface area contributed by atoms with Crippen LogP contribution in [0.2, 0.25) is 0 Å². The highest BCUT2D eigenvalue weighted by Gasteiger charge is 2.33. The quantitative estimate of drug-likeness (QED) is 0.348. The van der Waals surface area contributed by atoms with Crippen molar-refractivity contribution in [3.05, 3.63) is 58.7 Å². The van der Waals surface area contributed by atoms with E-state index in [9.17, 15) is 4.79 Å². The fourth-order valence-corrected chi connectivity index (χ4v) is 5.57. The number of aromatic nitrogens is 1. The summed E-state index contributed by atoms with van der Waals surface area (Å²) >= 11 is 0. The van der Waals surface area contributed by atoms with Crippen LogP contribution in [0.15, 0.2) is 36.4 Å². The number of rotatable bonds is 7. The number of H-pyrrole nitrogens is 1. The Balaban J connectivity index is 1.52. The van der Waals surface area contributed by atoms with Crippen molar-refractivity contribution in [1.82, 2.24) is 10.3 Å². The number of carbonyl (C=O) groups is 1. The number of hydrogen-bond acceptors (Lipinski definition) is 4. The first kappa shape index (κ1) is 22.0. The van der Waals surface area contributed by atoms with E-state index in [2.05, 4.69) is 34.6 Å². The van der Waals surface area contributed by atoms with E-state index >= 15 is 0 Å². The Morgan fingerprint density at radius 2 is 1.83 bits per heavy atom. The third-order valence-corrected chi connectivity index (χ3v) is 6.94. The van der Waals surface area contributed by atoms with E-state index < -0.39 is 0 Å². The topological polar surface area (TPSA) is 72.6 Å². The summed E-state index contributed by atoms with van der Waals surface area (Å²) < 4.78 is 17.3. The van der Waals surface area contributed by atoms with Crippen LogP contribution >= 0.6 is 0 Å². The molecule has 0 saturated carbocycles. The van der Waals surface area contributed by atoms with Gasteiger partial charge in [-0.25, -0.2) is 0 Å². The summed E-state index contributed by atoms with van der Waals surface area (Å²) in [5.74, 6) is 1.70. The van der Waals surface area contributed by atoms with Crippen LogP contribution < -0.4 is 14.8 Å². The monoisotopic (exact) mass is 470 g/mol. The number of aromatic amines is 1. The molecule has 1 amide bonds. The van der Waals surface area contributed by atoms with Crippen LogP contribution in [0, 0.1) is 0 Å². The van der Waals surface area contributed by atoms with Gasteiger partial charge in [-0.15, -0.1) is 0 Å². The summed E-state index contributed by atoms with van der Waals surface area (Å²) in [6.45, 7) is 8.33. The molecule has 180 valence electrons. The highest BCUT2D eigenvalue weighted by atomic mass is 16.5. The Bertz CT molecular complexity index is 1470. The fraction of sp³-hybridized carbons (Fsp3) is 0.345. The Labute approximate surface area is 204 Å². The van der Waals surface area contributed by atoms with Crippen molar-refractivity contribution in [2.24, 2.45) is 0 Å². The number of nitrogens with one attached hydrogen (secondary N) is 2. The lowest BCUT2D eigenvalue weighted by molar-refractivity contribution is 0.0966. The van der Waals surface area contributed by atoms with Crippen molar-refractivity contribution in [3.63, 3.8) is 0 Å². The molecule has 0 radical (unpaired) electrons. The molecule has 1 aliphatic carbocycles. The Morgan fingerprint density at radius 1 is 0.971 bits per heavy atom. The lowest BCUT2D eigenvalue weighted by Gasteiger charge is -2.24. The van der Waals surface area contributed by atoms with E-state index in [0.717, 1.165) is 68.4 Å². The minimum Gasteiger partial charge on any atom is -0.491 e. The van der Waals surface area contributed by atoms with Gasteiger partial charge in [-0.05, 0) is 86.2 Å². The molecule has 1 aliphatic heterocycles. The van der Waals surface area contributed by atoms with E-state index in [1.54, 1.807) is 0 Å². The van der Waals surface area contributed by atoms with E-state index in [1.165, 1.54) is 11.1 Å². The summed E-state index contributed by atoms with van der Waals surface area (Å²) in [6, 6.07) is 12.4. The Hall–Kier alpha value is -3.51. The minimum absolute atomic E-state index is 0.00646. The second-order valence-electron chi connectivity index (χ2n) is 9.50. The predicted molar refractivity (Wildman–Crippen MR) is 138 cm³/mol. The van der Waals surface area contributed by atoms with Gasteiger partial charge >= 0.3 is 0 Å². The second kappa shape index (κ2) is 8.61. The average molecular weight is 471 g/mol. The van der Waals surface area contributed by atoms with E-state index in [-0.39, 0.29) is 12.0 Å². The number of amides is 1. The molecule has 6 rings (SSSR count). The van der Waals surface area contributed by atoms with Gasteiger partial charge in [0.15, 0.2) is 0 Å². The summed E-state index contributed by atoms with van der Waals surface area (Å²) in [5.41, 5.74) is 8.72. The number of benzene rings is 3. The SMILES string of the molecule is CCOCCOc1ccc2[nH]c3c4c(c5c(c3c2c1)CNC5=O)-c1ccc(OC(C)C)cc1CC4. The number of fused-ring (bicyclic) bond motifs is 10. The molecule has 2 heterocycles. The molecule has 0 fully saturated rings. The third kappa shape index (κ3) is 3.64. The molecule has 0 spiro atoms. The van der Waals surface area contributed by atoms with Gasteiger partial charge in [0.05, 0.1) is 23.8 Å².